The topological polar surface area (TPSA) is 83.8 Å². The summed E-state index contributed by atoms with van der Waals surface area (Å²) in [4.78, 5) is 27.7. The van der Waals surface area contributed by atoms with Gasteiger partial charge in [-0.2, -0.15) is 0 Å². The number of carbonyl (C=O) groups is 1. The van der Waals surface area contributed by atoms with Crippen LogP contribution in [0.3, 0.4) is 0 Å². The molecule has 0 amide bonds. The van der Waals surface area contributed by atoms with Gasteiger partial charge in [0.25, 0.3) is 5.85 Å². The van der Waals surface area contributed by atoms with Crippen molar-refractivity contribution >= 4 is 13.6 Å². The maximum absolute atomic E-state index is 10.7. The van der Waals surface area contributed by atoms with Crippen LogP contribution in [0.5, 0.6) is 0 Å². The second-order valence-electron chi connectivity index (χ2n) is 2.23. The first-order valence-corrected chi connectivity index (χ1v) is 4.63. The Morgan fingerprint density at radius 2 is 1.83 bits per heavy atom. The van der Waals surface area contributed by atoms with Crippen LogP contribution in [0.4, 0.5) is 0 Å². The Kier molecular flexibility index (Phi) is 3.64. The van der Waals surface area contributed by atoms with Crippen molar-refractivity contribution in [1.29, 1.82) is 0 Å². The summed E-state index contributed by atoms with van der Waals surface area (Å²) in [5.41, 5.74) is 0.0859. The monoisotopic (exact) mass is 193 g/mol. The second kappa shape index (κ2) is 3.85. The normalized spacial score (nSPS) is 11.4. The van der Waals surface area contributed by atoms with E-state index in [0.29, 0.717) is 0 Å². The highest BCUT2D eigenvalue weighted by atomic mass is 31.2. The summed E-state index contributed by atoms with van der Waals surface area (Å²) in [5.74, 6) is -1.45. The molecule has 0 aliphatic carbocycles. The SMILES string of the molecule is C=C(C)C(=O)O[C](C)P(=O)(O)O. The summed E-state index contributed by atoms with van der Waals surface area (Å²) in [6.07, 6.45) is 0. The molecule has 0 aromatic carbocycles. The van der Waals surface area contributed by atoms with E-state index in [9.17, 15) is 9.36 Å². The van der Waals surface area contributed by atoms with Crippen molar-refractivity contribution in [1.82, 2.24) is 0 Å². The van der Waals surface area contributed by atoms with Gasteiger partial charge in [0, 0.05) is 5.57 Å². The standard InChI is InChI=1S/C6H10O5P/c1-4(2)6(7)11-5(3)12(8,9)10/h1H2,2-3H3,(H2,8,9,10). The summed E-state index contributed by atoms with van der Waals surface area (Å²) in [7, 11) is -4.42. The zero-order chi connectivity index (χ0) is 9.94. The van der Waals surface area contributed by atoms with Crippen molar-refractivity contribution in [2.75, 3.05) is 0 Å². The number of hydrogen-bond acceptors (Lipinski definition) is 3. The van der Waals surface area contributed by atoms with Gasteiger partial charge in [0.05, 0.1) is 0 Å². The van der Waals surface area contributed by atoms with Gasteiger partial charge in [-0.25, -0.2) is 4.79 Å². The minimum atomic E-state index is -4.42. The van der Waals surface area contributed by atoms with E-state index in [0.717, 1.165) is 6.92 Å². The van der Waals surface area contributed by atoms with E-state index in [4.69, 9.17) is 9.79 Å². The predicted molar refractivity (Wildman–Crippen MR) is 41.9 cm³/mol. The maximum atomic E-state index is 10.7. The fraction of sp³-hybridized carbons (Fsp3) is 0.333. The Labute approximate surface area is 70.2 Å². The van der Waals surface area contributed by atoms with Crippen LogP contribution in [0.15, 0.2) is 12.2 Å². The lowest BCUT2D eigenvalue weighted by molar-refractivity contribution is -0.136. The van der Waals surface area contributed by atoms with Crippen LogP contribution in [-0.4, -0.2) is 15.8 Å². The van der Waals surface area contributed by atoms with Gasteiger partial charge in [0.1, 0.15) is 0 Å². The van der Waals surface area contributed by atoms with Gasteiger partial charge in [-0.3, -0.25) is 4.57 Å². The molecule has 0 rings (SSSR count). The first kappa shape index (κ1) is 11.4. The lowest BCUT2D eigenvalue weighted by atomic mass is 10.4. The molecule has 0 fully saturated rings. The second-order valence-corrected chi connectivity index (χ2v) is 3.95. The molecule has 0 atom stereocenters. The zero-order valence-electron chi connectivity index (χ0n) is 6.77. The molecule has 0 aliphatic rings. The molecule has 6 heteroatoms. The average Bonchev–Trinajstić information content (AvgIpc) is 1.85. The Balaban J connectivity index is 4.21. The van der Waals surface area contributed by atoms with E-state index >= 15 is 0 Å². The highest BCUT2D eigenvalue weighted by Crippen LogP contribution is 2.47. The van der Waals surface area contributed by atoms with Crippen molar-refractivity contribution in [3.63, 3.8) is 0 Å². The van der Waals surface area contributed by atoms with Crippen LogP contribution in [-0.2, 0) is 14.1 Å². The van der Waals surface area contributed by atoms with Gasteiger partial charge in [0.15, 0.2) is 0 Å². The van der Waals surface area contributed by atoms with Crippen LogP contribution in [0.25, 0.3) is 0 Å². The van der Waals surface area contributed by atoms with Gasteiger partial charge in [-0.1, -0.05) is 6.58 Å². The van der Waals surface area contributed by atoms with Crippen LogP contribution in [0, 0.1) is 5.85 Å². The molecule has 0 unspecified atom stereocenters. The smallest absolute Gasteiger partial charge is 0.373 e. The van der Waals surface area contributed by atoms with Gasteiger partial charge in [-0.15, -0.1) is 0 Å². The molecule has 69 valence electrons. The third-order valence-electron chi connectivity index (χ3n) is 0.999. The molecule has 0 heterocycles. The molecule has 0 aromatic heterocycles. The molecule has 0 aliphatic heterocycles. The maximum Gasteiger partial charge on any atom is 0.373 e. The summed E-state index contributed by atoms with van der Waals surface area (Å²) in [6.45, 7) is 5.68. The van der Waals surface area contributed by atoms with Gasteiger partial charge >= 0.3 is 13.6 Å². The van der Waals surface area contributed by atoms with Crippen LogP contribution >= 0.6 is 7.60 Å². The Morgan fingerprint density at radius 3 is 2.08 bits per heavy atom. The Morgan fingerprint density at radius 1 is 1.42 bits per heavy atom. The summed E-state index contributed by atoms with van der Waals surface area (Å²) < 4.78 is 14.7. The molecule has 2 N–H and O–H groups in total. The lowest BCUT2D eigenvalue weighted by Gasteiger charge is -2.12. The number of ether oxygens (including phenoxy) is 1. The number of esters is 1. The quantitative estimate of drug-likeness (QED) is 0.393. The number of hydrogen-bond donors (Lipinski definition) is 2. The Bertz CT molecular complexity index is 240. The first-order chi connectivity index (χ1) is 5.25. The summed E-state index contributed by atoms with van der Waals surface area (Å²) in [6, 6.07) is 0. The van der Waals surface area contributed by atoms with E-state index in [-0.39, 0.29) is 5.57 Å². The molecule has 5 nitrogen and oxygen atoms in total. The minimum absolute atomic E-state index is 0.0859. The molecular formula is C6H10O5P. The Hall–Kier alpha value is -0.640. The molecule has 0 saturated carbocycles. The summed E-state index contributed by atoms with van der Waals surface area (Å²) in [5, 5.41) is 0. The van der Waals surface area contributed by atoms with Gasteiger partial charge in [0.2, 0.25) is 0 Å². The van der Waals surface area contributed by atoms with Gasteiger partial charge in [-0.05, 0) is 13.8 Å². The highest BCUT2D eigenvalue weighted by Gasteiger charge is 2.29. The van der Waals surface area contributed by atoms with E-state index in [1.54, 1.807) is 0 Å². The molecule has 0 bridgehead atoms. The van der Waals surface area contributed by atoms with E-state index in [2.05, 4.69) is 11.3 Å². The van der Waals surface area contributed by atoms with Crippen molar-refractivity contribution < 1.29 is 23.9 Å². The minimum Gasteiger partial charge on any atom is -0.438 e. The molecule has 0 aromatic rings. The third-order valence-corrected chi connectivity index (χ3v) is 1.91. The number of rotatable bonds is 3. The number of carbonyl (C=O) groups excluding carboxylic acids is 1. The summed E-state index contributed by atoms with van der Waals surface area (Å²) >= 11 is 0. The van der Waals surface area contributed by atoms with Crippen molar-refractivity contribution in [2.24, 2.45) is 0 Å². The predicted octanol–water partition coefficient (Wildman–Crippen LogP) is 0.793. The van der Waals surface area contributed by atoms with E-state index in [1.807, 2.05) is 0 Å². The van der Waals surface area contributed by atoms with Crippen molar-refractivity contribution in [3.05, 3.63) is 18.0 Å². The van der Waals surface area contributed by atoms with Gasteiger partial charge < -0.3 is 14.5 Å². The molecular weight excluding hydrogens is 183 g/mol. The molecule has 0 saturated heterocycles. The highest BCUT2D eigenvalue weighted by molar-refractivity contribution is 7.55. The molecule has 1 radical (unpaired) electrons. The van der Waals surface area contributed by atoms with E-state index < -0.39 is 19.4 Å². The first-order valence-electron chi connectivity index (χ1n) is 3.02. The van der Waals surface area contributed by atoms with Crippen molar-refractivity contribution in [3.8, 4) is 0 Å². The molecule has 0 spiro atoms. The third kappa shape index (κ3) is 3.67. The average molecular weight is 193 g/mol. The fourth-order valence-corrected chi connectivity index (χ4v) is 0.483. The van der Waals surface area contributed by atoms with Crippen molar-refractivity contribution in [2.45, 2.75) is 13.8 Å². The molecule has 12 heavy (non-hydrogen) atoms. The fourth-order valence-electron chi connectivity index (χ4n) is 0.281. The van der Waals surface area contributed by atoms with Crippen LogP contribution in [0.2, 0.25) is 0 Å². The van der Waals surface area contributed by atoms with E-state index in [1.165, 1.54) is 6.92 Å². The lowest BCUT2D eigenvalue weighted by Crippen LogP contribution is -2.08. The zero-order valence-corrected chi connectivity index (χ0v) is 7.67. The van der Waals surface area contributed by atoms with Crippen LogP contribution in [0.1, 0.15) is 13.8 Å². The van der Waals surface area contributed by atoms with Crippen LogP contribution < -0.4 is 0 Å². The largest absolute Gasteiger partial charge is 0.438 e.